The van der Waals surface area contributed by atoms with Gasteiger partial charge in [-0.1, -0.05) is 22.8 Å². The molecule has 1 aromatic carbocycles. The SMILES string of the molecule is Cc1cc(C)c(-c2csc(C(N)=O)c2S(=O)(=O)Nc2onc(C)c2Cl)c(C)c1CN. The number of hydrogen-bond acceptors (Lipinski definition) is 7. The summed E-state index contributed by atoms with van der Waals surface area (Å²) in [6.07, 6.45) is 0. The van der Waals surface area contributed by atoms with Crippen molar-refractivity contribution in [3.63, 3.8) is 0 Å². The fourth-order valence-corrected chi connectivity index (χ4v) is 6.31. The van der Waals surface area contributed by atoms with Crippen LogP contribution in [0, 0.1) is 27.7 Å². The fraction of sp³-hybridized carbons (Fsp3) is 0.263. The van der Waals surface area contributed by atoms with Gasteiger partial charge >= 0.3 is 0 Å². The van der Waals surface area contributed by atoms with E-state index in [-0.39, 0.29) is 20.7 Å². The van der Waals surface area contributed by atoms with E-state index < -0.39 is 15.9 Å². The van der Waals surface area contributed by atoms with Crippen LogP contribution in [0.25, 0.3) is 11.1 Å². The Kier molecular flexibility index (Phi) is 5.96. The molecular weight excluding hydrogens is 448 g/mol. The van der Waals surface area contributed by atoms with Crippen LogP contribution in [-0.4, -0.2) is 19.5 Å². The summed E-state index contributed by atoms with van der Waals surface area (Å²) in [5.74, 6) is -1.09. The average Bonchev–Trinajstić information content (AvgIpc) is 3.21. The van der Waals surface area contributed by atoms with E-state index in [4.69, 9.17) is 27.6 Å². The molecule has 0 saturated carbocycles. The number of carbonyl (C=O) groups is 1. The highest BCUT2D eigenvalue weighted by atomic mass is 35.5. The van der Waals surface area contributed by atoms with Crippen molar-refractivity contribution in [3.05, 3.63) is 49.3 Å². The number of nitrogens with two attached hydrogens (primary N) is 2. The summed E-state index contributed by atoms with van der Waals surface area (Å²) in [6, 6.07) is 1.94. The van der Waals surface area contributed by atoms with Gasteiger partial charge in [-0.25, -0.2) is 13.1 Å². The molecule has 0 aliphatic heterocycles. The van der Waals surface area contributed by atoms with Crippen LogP contribution in [-0.2, 0) is 16.6 Å². The molecule has 0 atom stereocenters. The summed E-state index contributed by atoms with van der Waals surface area (Å²) in [6.45, 7) is 7.56. The van der Waals surface area contributed by atoms with Crippen molar-refractivity contribution in [2.24, 2.45) is 11.5 Å². The number of nitrogens with zero attached hydrogens (tertiary/aromatic N) is 1. The number of hydrogen-bond donors (Lipinski definition) is 3. The van der Waals surface area contributed by atoms with Crippen LogP contribution in [0.15, 0.2) is 20.9 Å². The van der Waals surface area contributed by atoms with E-state index in [1.807, 2.05) is 26.8 Å². The van der Waals surface area contributed by atoms with Crippen molar-refractivity contribution in [1.29, 1.82) is 0 Å². The number of aryl methyl sites for hydroxylation is 3. The molecule has 5 N–H and O–H groups in total. The molecule has 3 rings (SSSR count). The van der Waals surface area contributed by atoms with Crippen LogP contribution < -0.4 is 16.2 Å². The zero-order valence-electron chi connectivity index (χ0n) is 16.8. The molecule has 3 aromatic rings. The maximum Gasteiger partial charge on any atom is 0.266 e. The Morgan fingerprint density at radius 3 is 2.47 bits per heavy atom. The van der Waals surface area contributed by atoms with Crippen LogP contribution in [0.3, 0.4) is 0 Å². The first-order valence-corrected chi connectivity index (χ1v) is 11.6. The van der Waals surface area contributed by atoms with Crippen LogP contribution in [0.4, 0.5) is 5.88 Å². The van der Waals surface area contributed by atoms with Crippen molar-refractivity contribution >= 4 is 44.8 Å². The van der Waals surface area contributed by atoms with E-state index in [0.717, 1.165) is 33.6 Å². The Hall–Kier alpha value is -2.40. The quantitative estimate of drug-likeness (QED) is 0.504. The third-order valence-corrected chi connectivity index (χ3v) is 7.84. The lowest BCUT2D eigenvalue weighted by Crippen LogP contribution is -2.19. The van der Waals surface area contributed by atoms with E-state index in [0.29, 0.717) is 23.4 Å². The first kappa shape index (κ1) is 22.3. The number of halogens is 1. The lowest BCUT2D eigenvalue weighted by molar-refractivity contribution is 0.100. The molecule has 2 aromatic heterocycles. The predicted octanol–water partition coefficient (Wildman–Crippen LogP) is 3.65. The average molecular weight is 469 g/mol. The lowest BCUT2D eigenvalue weighted by atomic mass is 9.90. The number of thiophene rings is 1. The summed E-state index contributed by atoms with van der Waals surface area (Å²) < 4.78 is 33.9. The van der Waals surface area contributed by atoms with E-state index in [2.05, 4.69) is 9.88 Å². The summed E-state index contributed by atoms with van der Waals surface area (Å²) in [7, 11) is -4.29. The Morgan fingerprint density at radius 1 is 1.27 bits per heavy atom. The van der Waals surface area contributed by atoms with Gasteiger partial charge in [0.25, 0.3) is 21.8 Å². The molecule has 0 radical (unpaired) electrons. The first-order chi connectivity index (χ1) is 14.0. The maximum absolute atomic E-state index is 13.3. The second kappa shape index (κ2) is 8.03. The molecule has 0 saturated heterocycles. The molecule has 160 valence electrons. The van der Waals surface area contributed by atoms with E-state index in [1.165, 1.54) is 0 Å². The maximum atomic E-state index is 13.3. The molecule has 1 amide bonds. The van der Waals surface area contributed by atoms with Crippen molar-refractivity contribution in [2.75, 3.05) is 4.72 Å². The Labute approximate surface area is 183 Å². The molecular formula is C19H21ClN4O4S2. The van der Waals surface area contributed by atoms with Gasteiger partial charge in [-0.2, -0.15) is 0 Å². The van der Waals surface area contributed by atoms with Gasteiger partial charge in [-0.3, -0.25) is 4.79 Å². The molecule has 0 spiro atoms. The van der Waals surface area contributed by atoms with Crippen molar-refractivity contribution in [2.45, 2.75) is 39.1 Å². The van der Waals surface area contributed by atoms with E-state index in [9.17, 15) is 13.2 Å². The minimum absolute atomic E-state index is 0.0316. The number of benzene rings is 1. The first-order valence-electron chi connectivity index (χ1n) is 8.85. The van der Waals surface area contributed by atoms with Crippen LogP contribution in [0.2, 0.25) is 5.02 Å². The highest BCUT2D eigenvalue weighted by Gasteiger charge is 2.31. The summed E-state index contributed by atoms with van der Waals surface area (Å²) >= 11 is 7.01. The molecule has 2 heterocycles. The second-order valence-electron chi connectivity index (χ2n) is 6.88. The zero-order valence-corrected chi connectivity index (χ0v) is 19.2. The van der Waals surface area contributed by atoms with Crippen molar-refractivity contribution < 1.29 is 17.7 Å². The predicted molar refractivity (Wildman–Crippen MR) is 117 cm³/mol. The zero-order chi connectivity index (χ0) is 22.4. The van der Waals surface area contributed by atoms with Crippen molar-refractivity contribution in [1.82, 2.24) is 5.16 Å². The van der Waals surface area contributed by atoms with Crippen LogP contribution in [0.1, 0.15) is 37.6 Å². The summed E-state index contributed by atoms with van der Waals surface area (Å²) in [5, 5.41) is 5.28. The topological polar surface area (TPSA) is 141 Å². The van der Waals surface area contributed by atoms with Crippen LogP contribution >= 0.6 is 22.9 Å². The van der Waals surface area contributed by atoms with Gasteiger partial charge in [0.05, 0.1) is 0 Å². The number of carbonyl (C=O) groups excluding carboxylic acids is 1. The van der Waals surface area contributed by atoms with E-state index in [1.54, 1.807) is 12.3 Å². The smallest absolute Gasteiger partial charge is 0.266 e. The minimum atomic E-state index is -4.29. The fourth-order valence-electron chi connectivity index (χ4n) is 3.51. The normalized spacial score (nSPS) is 11.7. The largest absolute Gasteiger partial charge is 0.365 e. The third-order valence-electron chi connectivity index (χ3n) is 4.86. The molecule has 0 aliphatic rings. The molecule has 8 nitrogen and oxygen atoms in total. The molecule has 0 bridgehead atoms. The number of anilines is 1. The number of primary amides is 1. The lowest BCUT2D eigenvalue weighted by Gasteiger charge is -2.17. The van der Waals surface area contributed by atoms with Gasteiger partial charge < -0.3 is 16.0 Å². The monoisotopic (exact) mass is 468 g/mol. The van der Waals surface area contributed by atoms with Gasteiger partial charge in [0, 0.05) is 17.5 Å². The number of rotatable bonds is 6. The van der Waals surface area contributed by atoms with Gasteiger partial charge in [0.2, 0.25) is 0 Å². The Balaban J connectivity index is 2.29. The molecule has 30 heavy (non-hydrogen) atoms. The number of sulfonamides is 1. The van der Waals surface area contributed by atoms with Gasteiger partial charge in [0.15, 0.2) is 0 Å². The van der Waals surface area contributed by atoms with Gasteiger partial charge in [-0.15, -0.1) is 11.3 Å². The van der Waals surface area contributed by atoms with Crippen molar-refractivity contribution in [3.8, 4) is 11.1 Å². The number of amides is 1. The van der Waals surface area contributed by atoms with Crippen LogP contribution in [0.5, 0.6) is 0 Å². The number of nitrogens with one attached hydrogen (secondary N) is 1. The highest BCUT2D eigenvalue weighted by Crippen LogP contribution is 2.41. The molecule has 11 heteroatoms. The molecule has 0 unspecified atom stereocenters. The summed E-state index contributed by atoms with van der Waals surface area (Å²) in [5.41, 5.74) is 16.4. The second-order valence-corrected chi connectivity index (χ2v) is 9.76. The van der Waals surface area contributed by atoms with Gasteiger partial charge in [0.1, 0.15) is 20.5 Å². The van der Waals surface area contributed by atoms with E-state index >= 15 is 0 Å². The Bertz CT molecular complexity index is 1260. The third kappa shape index (κ3) is 3.71. The molecule has 0 aliphatic carbocycles. The highest BCUT2D eigenvalue weighted by molar-refractivity contribution is 7.93. The standard InChI is InChI=1S/C19H21ClN4O4S2/c1-8-5-9(2)14(10(3)12(8)6-21)13-7-29-16(18(22)25)17(13)30(26,27)24-19-15(20)11(4)23-28-19/h5,7,24H,6,21H2,1-4H3,(H2,22,25). The number of aromatic nitrogens is 1. The van der Waals surface area contributed by atoms with Gasteiger partial charge in [-0.05, 0) is 55.5 Å². The Morgan fingerprint density at radius 2 is 1.93 bits per heavy atom. The summed E-state index contributed by atoms with van der Waals surface area (Å²) in [4.78, 5) is 11.7. The minimum Gasteiger partial charge on any atom is -0.365 e. The molecule has 0 fully saturated rings.